The monoisotopic (exact) mass is 192 g/mol. The lowest BCUT2D eigenvalue weighted by molar-refractivity contribution is 0.0481. The molecule has 1 unspecified atom stereocenters. The van der Waals surface area contributed by atoms with Gasteiger partial charge in [0.25, 0.3) is 0 Å². The van der Waals surface area contributed by atoms with Crippen LogP contribution in [0.5, 0.6) is 0 Å². The fourth-order valence-electron chi connectivity index (χ4n) is 0.618. The fraction of sp³-hybridized carbons (Fsp3) is 1.00. The van der Waals surface area contributed by atoms with Gasteiger partial charge in [-0.2, -0.15) is 0 Å². The van der Waals surface area contributed by atoms with Gasteiger partial charge in [-0.05, 0) is 19.5 Å². The molecule has 0 aromatic rings. The topological polar surface area (TPSA) is 38.7 Å². The third kappa shape index (κ3) is 5.71. The van der Waals surface area contributed by atoms with Gasteiger partial charge in [0, 0.05) is 7.11 Å². The summed E-state index contributed by atoms with van der Waals surface area (Å²) < 4.78 is 10.6. The molecule has 0 saturated carbocycles. The molecular weight excluding hydrogens is 172 g/mol. The van der Waals surface area contributed by atoms with E-state index >= 15 is 0 Å². The van der Waals surface area contributed by atoms with Crippen molar-refractivity contribution in [3.8, 4) is 0 Å². The van der Waals surface area contributed by atoms with E-state index < -0.39 is 8.32 Å². The van der Waals surface area contributed by atoms with Gasteiger partial charge in [0.1, 0.15) is 0 Å². The highest BCUT2D eigenvalue weighted by Crippen LogP contribution is 2.03. The van der Waals surface area contributed by atoms with E-state index in [4.69, 9.17) is 9.16 Å². The van der Waals surface area contributed by atoms with Crippen molar-refractivity contribution in [1.29, 1.82) is 0 Å². The molecule has 0 aliphatic heterocycles. The van der Waals surface area contributed by atoms with E-state index in [2.05, 4.69) is 13.1 Å². The Morgan fingerprint density at radius 3 is 2.42 bits per heavy atom. The minimum absolute atomic E-state index is 0.327. The molecule has 3 nitrogen and oxygen atoms in total. The van der Waals surface area contributed by atoms with Crippen molar-refractivity contribution in [3.05, 3.63) is 0 Å². The SMILES string of the molecule is CCC(O)COC[Si](C)(C)OC. The Morgan fingerprint density at radius 2 is 2.00 bits per heavy atom. The summed E-state index contributed by atoms with van der Waals surface area (Å²) in [5, 5.41) is 9.18. The van der Waals surface area contributed by atoms with Crippen LogP contribution < -0.4 is 0 Å². The van der Waals surface area contributed by atoms with Crippen LogP contribution >= 0.6 is 0 Å². The van der Waals surface area contributed by atoms with Crippen LogP contribution in [0, 0.1) is 0 Å². The van der Waals surface area contributed by atoms with Crippen LogP contribution in [-0.2, 0) is 9.16 Å². The molecule has 0 fully saturated rings. The van der Waals surface area contributed by atoms with E-state index in [9.17, 15) is 5.11 Å². The summed E-state index contributed by atoms with van der Waals surface area (Å²) in [5.74, 6) is 0. The molecule has 0 radical (unpaired) electrons. The van der Waals surface area contributed by atoms with E-state index in [0.29, 0.717) is 12.8 Å². The summed E-state index contributed by atoms with van der Waals surface area (Å²) in [4.78, 5) is 0. The third-order valence-electron chi connectivity index (χ3n) is 1.78. The van der Waals surface area contributed by atoms with Gasteiger partial charge in [-0.25, -0.2) is 0 Å². The van der Waals surface area contributed by atoms with E-state index in [0.717, 1.165) is 6.42 Å². The van der Waals surface area contributed by atoms with E-state index in [-0.39, 0.29) is 6.10 Å². The lowest BCUT2D eigenvalue weighted by atomic mass is 10.3. The van der Waals surface area contributed by atoms with Crippen molar-refractivity contribution in [2.45, 2.75) is 32.5 Å². The van der Waals surface area contributed by atoms with Crippen LogP contribution in [0.2, 0.25) is 13.1 Å². The number of rotatable bonds is 6. The Morgan fingerprint density at radius 1 is 1.42 bits per heavy atom. The molecule has 0 aliphatic carbocycles. The highest BCUT2D eigenvalue weighted by Gasteiger charge is 2.20. The lowest BCUT2D eigenvalue weighted by Gasteiger charge is -2.20. The molecule has 4 heteroatoms. The quantitative estimate of drug-likeness (QED) is 0.642. The average Bonchev–Trinajstić information content (AvgIpc) is 2.04. The second-order valence-corrected chi connectivity index (χ2v) is 7.76. The zero-order chi connectivity index (χ0) is 9.61. The highest BCUT2D eigenvalue weighted by molar-refractivity contribution is 6.71. The summed E-state index contributed by atoms with van der Waals surface area (Å²) in [6.45, 7) is 6.54. The van der Waals surface area contributed by atoms with Crippen molar-refractivity contribution in [2.75, 3.05) is 19.9 Å². The smallest absolute Gasteiger partial charge is 0.211 e. The Bertz CT molecular complexity index is 117. The molecule has 0 aliphatic rings. The Balaban J connectivity index is 3.42. The van der Waals surface area contributed by atoms with Crippen LogP contribution in [0.15, 0.2) is 0 Å². The summed E-state index contributed by atoms with van der Waals surface area (Å²) in [6, 6.07) is 0. The Kier molecular flexibility index (Phi) is 5.74. The fourth-order valence-corrected chi connectivity index (χ4v) is 1.34. The van der Waals surface area contributed by atoms with Crippen molar-refractivity contribution >= 4 is 8.32 Å². The molecule has 0 amide bonds. The minimum atomic E-state index is -1.59. The first-order valence-electron chi connectivity index (χ1n) is 4.33. The molecule has 1 atom stereocenters. The summed E-state index contributed by atoms with van der Waals surface area (Å²) in [7, 11) is 0.124. The molecule has 0 spiro atoms. The van der Waals surface area contributed by atoms with Gasteiger partial charge in [-0.1, -0.05) is 6.92 Å². The van der Waals surface area contributed by atoms with Crippen molar-refractivity contribution in [1.82, 2.24) is 0 Å². The summed E-state index contributed by atoms with van der Waals surface area (Å²) in [6.07, 6.45) is 1.07. The van der Waals surface area contributed by atoms with E-state index in [1.807, 2.05) is 6.92 Å². The number of hydrogen-bond acceptors (Lipinski definition) is 3. The highest BCUT2D eigenvalue weighted by atomic mass is 28.4. The maximum Gasteiger partial charge on any atom is 0.211 e. The van der Waals surface area contributed by atoms with Crippen LogP contribution in [0.3, 0.4) is 0 Å². The second kappa shape index (κ2) is 5.69. The Hall–Kier alpha value is 0.0969. The molecule has 0 aromatic heterocycles. The van der Waals surface area contributed by atoms with Gasteiger partial charge in [-0.3, -0.25) is 0 Å². The predicted octanol–water partition coefficient (Wildman–Crippen LogP) is 1.16. The predicted molar refractivity (Wildman–Crippen MR) is 51.6 cm³/mol. The third-order valence-corrected chi connectivity index (χ3v) is 3.79. The van der Waals surface area contributed by atoms with Crippen LogP contribution in [0.25, 0.3) is 0 Å². The van der Waals surface area contributed by atoms with Gasteiger partial charge < -0.3 is 14.3 Å². The lowest BCUT2D eigenvalue weighted by Crippen LogP contribution is -2.36. The molecule has 0 saturated heterocycles. The molecule has 74 valence electrons. The maximum absolute atomic E-state index is 9.18. The first kappa shape index (κ1) is 12.1. The van der Waals surface area contributed by atoms with Gasteiger partial charge in [0.2, 0.25) is 8.32 Å². The van der Waals surface area contributed by atoms with E-state index in [1.54, 1.807) is 7.11 Å². The largest absolute Gasteiger partial charge is 0.418 e. The van der Waals surface area contributed by atoms with Crippen molar-refractivity contribution in [2.24, 2.45) is 0 Å². The van der Waals surface area contributed by atoms with Crippen LogP contribution in [0.1, 0.15) is 13.3 Å². The van der Waals surface area contributed by atoms with Gasteiger partial charge in [-0.15, -0.1) is 0 Å². The van der Waals surface area contributed by atoms with Gasteiger partial charge in [0.15, 0.2) is 0 Å². The van der Waals surface area contributed by atoms with Gasteiger partial charge in [0.05, 0.1) is 18.9 Å². The number of hydrogen-bond donors (Lipinski definition) is 1. The number of aliphatic hydroxyl groups is 1. The summed E-state index contributed by atoms with van der Waals surface area (Å²) >= 11 is 0. The zero-order valence-corrected chi connectivity index (χ0v) is 9.46. The second-order valence-electron chi connectivity index (χ2n) is 3.54. The number of ether oxygens (including phenoxy) is 1. The summed E-state index contributed by atoms with van der Waals surface area (Å²) in [5.41, 5.74) is 0. The first-order valence-corrected chi connectivity index (χ1v) is 7.44. The van der Waals surface area contributed by atoms with Crippen molar-refractivity contribution in [3.63, 3.8) is 0 Å². The zero-order valence-electron chi connectivity index (χ0n) is 8.46. The average molecular weight is 192 g/mol. The maximum atomic E-state index is 9.18. The minimum Gasteiger partial charge on any atom is -0.418 e. The number of aliphatic hydroxyl groups excluding tert-OH is 1. The van der Waals surface area contributed by atoms with E-state index in [1.165, 1.54) is 0 Å². The van der Waals surface area contributed by atoms with Gasteiger partial charge >= 0.3 is 0 Å². The molecule has 12 heavy (non-hydrogen) atoms. The molecule has 0 heterocycles. The molecule has 0 aromatic carbocycles. The van der Waals surface area contributed by atoms with Crippen molar-refractivity contribution < 1.29 is 14.3 Å². The molecule has 0 rings (SSSR count). The molecular formula is C8H20O3Si. The standard InChI is InChI=1S/C8H20O3Si/c1-5-8(9)6-11-7-12(3,4)10-2/h8-9H,5-7H2,1-4H3. The first-order chi connectivity index (χ1) is 5.52. The molecule has 0 bridgehead atoms. The van der Waals surface area contributed by atoms with Crippen LogP contribution in [-0.4, -0.2) is 39.5 Å². The molecule has 1 N–H and O–H groups in total. The normalized spacial score (nSPS) is 14.8. The van der Waals surface area contributed by atoms with Crippen LogP contribution in [0.4, 0.5) is 0 Å². The Labute approximate surface area is 75.8 Å².